The van der Waals surface area contributed by atoms with Gasteiger partial charge in [0.1, 0.15) is 11.5 Å². The van der Waals surface area contributed by atoms with Crippen LogP contribution in [0.2, 0.25) is 0 Å². The molecule has 0 aliphatic carbocycles. The van der Waals surface area contributed by atoms with Gasteiger partial charge in [-0.2, -0.15) is 0 Å². The fraction of sp³-hybridized carbons (Fsp3) is 0.278. The fourth-order valence-electron chi connectivity index (χ4n) is 2.72. The van der Waals surface area contributed by atoms with Crippen molar-refractivity contribution in [2.75, 3.05) is 13.7 Å². The molecule has 0 bridgehead atoms. The summed E-state index contributed by atoms with van der Waals surface area (Å²) in [4.78, 5) is 4.43. The second-order valence-electron chi connectivity index (χ2n) is 5.52. The van der Waals surface area contributed by atoms with Crippen LogP contribution in [0.3, 0.4) is 0 Å². The lowest BCUT2D eigenvalue weighted by Gasteiger charge is -2.10. The predicted octanol–water partition coefficient (Wildman–Crippen LogP) is 3.00. The lowest BCUT2D eigenvalue weighted by atomic mass is 10.1. The van der Waals surface area contributed by atoms with Crippen molar-refractivity contribution in [1.82, 2.24) is 5.32 Å². The highest BCUT2D eigenvalue weighted by atomic mass is 79.9. The summed E-state index contributed by atoms with van der Waals surface area (Å²) in [5, 5.41) is 3.12. The number of para-hydroxylation sites is 1. The predicted molar refractivity (Wildman–Crippen MR) is 98.5 cm³/mol. The number of benzene rings is 2. The summed E-state index contributed by atoms with van der Waals surface area (Å²) in [5.41, 5.74) is 9.28. The molecule has 1 aliphatic rings. The third kappa shape index (κ3) is 3.82. The van der Waals surface area contributed by atoms with Crippen molar-refractivity contribution in [3.05, 3.63) is 57.6 Å². The van der Waals surface area contributed by atoms with E-state index in [-0.39, 0.29) is 0 Å². The maximum atomic E-state index is 5.99. The zero-order chi connectivity index (χ0) is 16.9. The number of hydrogen-bond donors (Lipinski definition) is 2. The summed E-state index contributed by atoms with van der Waals surface area (Å²) in [7, 11) is 1.66. The Hall–Kier alpha value is -2.21. The van der Waals surface area contributed by atoms with Gasteiger partial charge in [0.2, 0.25) is 0 Å². The van der Waals surface area contributed by atoms with Crippen molar-refractivity contribution < 1.29 is 9.47 Å². The SMILES string of the molecule is COc1ccccc1CNC(N)=NCc1cc(Br)cc2c1OCC2. The van der Waals surface area contributed by atoms with Gasteiger partial charge in [-0.3, -0.25) is 0 Å². The molecule has 0 spiro atoms. The lowest BCUT2D eigenvalue weighted by molar-refractivity contribution is 0.353. The van der Waals surface area contributed by atoms with Crippen LogP contribution >= 0.6 is 15.9 Å². The first kappa shape index (κ1) is 16.6. The lowest BCUT2D eigenvalue weighted by Crippen LogP contribution is -2.31. The van der Waals surface area contributed by atoms with Crippen molar-refractivity contribution in [2.24, 2.45) is 10.7 Å². The molecule has 0 aromatic heterocycles. The Morgan fingerprint density at radius 1 is 1.33 bits per heavy atom. The molecule has 0 amide bonds. The van der Waals surface area contributed by atoms with Gasteiger partial charge in [0.15, 0.2) is 5.96 Å². The number of rotatable bonds is 5. The summed E-state index contributed by atoms with van der Waals surface area (Å²) in [6, 6.07) is 11.9. The fourth-order valence-corrected chi connectivity index (χ4v) is 3.28. The summed E-state index contributed by atoms with van der Waals surface area (Å²) >= 11 is 3.54. The molecule has 3 rings (SSSR count). The Morgan fingerprint density at radius 2 is 2.17 bits per heavy atom. The molecular formula is C18H20BrN3O2. The molecule has 3 N–H and O–H groups in total. The zero-order valence-corrected chi connectivity index (χ0v) is 15.1. The summed E-state index contributed by atoms with van der Waals surface area (Å²) in [6.45, 7) is 1.77. The van der Waals surface area contributed by atoms with E-state index in [2.05, 4.69) is 32.3 Å². The largest absolute Gasteiger partial charge is 0.496 e. The Labute approximate surface area is 150 Å². The number of guanidine groups is 1. The summed E-state index contributed by atoms with van der Waals surface area (Å²) in [5.74, 6) is 2.17. The average molecular weight is 390 g/mol. The smallest absolute Gasteiger partial charge is 0.189 e. The van der Waals surface area contributed by atoms with E-state index in [4.69, 9.17) is 15.2 Å². The molecule has 2 aromatic carbocycles. The number of halogens is 1. The van der Waals surface area contributed by atoms with E-state index in [0.29, 0.717) is 19.0 Å². The van der Waals surface area contributed by atoms with Crippen LogP contribution in [-0.4, -0.2) is 19.7 Å². The molecule has 6 heteroatoms. The standard InChI is InChI=1S/C18H20BrN3O2/c1-23-16-5-3-2-4-13(16)10-21-18(20)22-11-14-9-15(19)8-12-6-7-24-17(12)14/h2-5,8-9H,6-7,10-11H2,1H3,(H3,20,21,22). The number of fused-ring (bicyclic) bond motifs is 1. The van der Waals surface area contributed by atoms with Crippen molar-refractivity contribution >= 4 is 21.9 Å². The molecule has 0 radical (unpaired) electrons. The molecule has 0 atom stereocenters. The van der Waals surface area contributed by atoms with Gasteiger partial charge in [-0.15, -0.1) is 0 Å². The molecule has 126 valence electrons. The zero-order valence-electron chi connectivity index (χ0n) is 13.5. The van der Waals surface area contributed by atoms with E-state index < -0.39 is 0 Å². The monoisotopic (exact) mass is 389 g/mol. The van der Waals surface area contributed by atoms with Crippen LogP contribution < -0.4 is 20.5 Å². The van der Waals surface area contributed by atoms with Gasteiger partial charge in [0, 0.05) is 28.6 Å². The minimum atomic E-state index is 0.396. The molecule has 0 saturated carbocycles. The van der Waals surface area contributed by atoms with Crippen molar-refractivity contribution in [3.63, 3.8) is 0 Å². The van der Waals surface area contributed by atoms with Crippen LogP contribution in [0.4, 0.5) is 0 Å². The number of nitrogens with one attached hydrogen (secondary N) is 1. The van der Waals surface area contributed by atoms with Crippen LogP contribution in [0.25, 0.3) is 0 Å². The van der Waals surface area contributed by atoms with Gasteiger partial charge in [0.25, 0.3) is 0 Å². The number of aliphatic imine (C=N–C) groups is 1. The molecule has 2 aromatic rings. The summed E-state index contributed by atoms with van der Waals surface area (Å²) < 4.78 is 12.1. The van der Waals surface area contributed by atoms with Gasteiger partial charge in [0.05, 0.1) is 20.3 Å². The van der Waals surface area contributed by atoms with Crippen LogP contribution in [0.15, 0.2) is 45.9 Å². The number of methoxy groups -OCH3 is 1. The molecular weight excluding hydrogens is 370 g/mol. The maximum absolute atomic E-state index is 5.99. The third-order valence-electron chi connectivity index (χ3n) is 3.90. The van der Waals surface area contributed by atoms with Gasteiger partial charge in [-0.05, 0) is 23.8 Å². The normalized spacial score (nSPS) is 13.3. The topological polar surface area (TPSA) is 68.9 Å². The van der Waals surface area contributed by atoms with Crippen LogP contribution in [0.1, 0.15) is 16.7 Å². The maximum Gasteiger partial charge on any atom is 0.189 e. The van der Waals surface area contributed by atoms with E-state index in [9.17, 15) is 0 Å². The Balaban J connectivity index is 1.65. The van der Waals surface area contributed by atoms with Gasteiger partial charge >= 0.3 is 0 Å². The number of nitrogens with zero attached hydrogens (tertiary/aromatic N) is 1. The molecule has 1 aliphatic heterocycles. The van der Waals surface area contributed by atoms with Crippen molar-refractivity contribution in [1.29, 1.82) is 0 Å². The highest BCUT2D eigenvalue weighted by Gasteiger charge is 2.17. The first-order valence-corrected chi connectivity index (χ1v) is 8.56. The Kier molecular flexibility index (Phi) is 5.25. The van der Waals surface area contributed by atoms with E-state index in [1.807, 2.05) is 30.3 Å². The van der Waals surface area contributed by atoms with E-state index in [0.717, 1.165) is 40.1 Å². The van der Waals surface area contributed by atoms with Crippen LogP contribution in [0, 0.1) is 0 Å². The quantitative estimate of drug-likeness (QED) is 0.609. The first-order valence-electron chi connectivity index (χ1n) is 7.77. The van der Waals surface area contributed by atoms with Gasteiger partial charge < -0.3 is 20.5 Å². The molecule has 24 heavy (non-hydrogen) atoms. The third-order valence-corrected chi connectivity index (χ3v) is 4.36. The number of ether oxygens (including phenoxy) is 2. The van der Waals surface area contributed by atoms with E-state index >= 15 is 0 Å². The molecule has 0 fully saturated rings. The number of hydrogen-bond acceptors (Lipinski definition) is 3. The second-order valence-corrected chi connectivity index (χ2v) is 6.43. The van der Waals surface area contributed by atoms with Gasteiger partial charge in [-0.25, -0.2) is 4.99 Å². The minimum absolute atomic E-state index is 0.396. The van der Waals surface area contributed by atoms with E-state index in [1.165, 1.54) is 5.56 Å². The Morgan fingerprint density at radius 3 is 3.00 bits per heavy atom. The second kappa shape index (κ2) is 7.57. The highest BCUT2D eigenvalue weighted by Crippen LogP contribution is 2.33. The molecule has 0 unspecified atom stereocenters. The average Bonchev–Trinajstić information content (AvgIpc) is 3.06. The van der Waals surface area contributed by atoms with Gasteiger partial charge in [-0.1, -0.05) is 34.1 Å². The van der Waals surface area contributed by atoms with Crippen molar-refractivity contribution in [3.8, 4) is 11.5 Å². The Bertz CT molecular complexity index is 762. The number of nitrogens with two attached hydrogens (primary N) is 1. The highest BCUT2D eigenvalue weighted by molar-refractivity contribution is 9.10. The first-order chi connectivity index (χ1) is 11.7. The van der Waals surface area contributed by atoms with Crippen molar-refractivity contribution in [2.45, 2.75) is 19.5 Å². The minimum Gasteiger partial charge on any atom is -0.496 e. The molecule has 0 saturated heterocycles. The van der Waals surface area contributed by atoms with E-state index in [1.54, 1.807) is 7.11 Å². The molecule has 1 heterocycles. The molecule has 5 nitrogen and oxygen atoms in total. The summed E-state index contributed by atoms with van der Waals surface area (Å²) in [6.07, 6.45) is 0.938. The van der Waals surface area contributed by atoms with Crippen LogP contribution in [-0.2, 0) is 19.5 Å². The van der Waals surface area contributed by atoms with Crippen LogP contribution in [0.5, 0.6) is 11.5 Å².